The summed E-state index contributed by atoms with van der Waals surface area (Å²) >= 11 is 0. The first-order chi connectivity index (χ1) is 17.0. The van der Waals surface area contributed by atoms with Gasteiger partial charge in [-0.15, -0.1) is 5.11 Å². The van der Waals surface area contributed by atoms with Gasteiger partial charge >= 0.3 is 5.97 Å². The number of carbonyl (C=O) groups is 1. The number of unbranched alkanes of at least 4 members (excludes halogenated alkanes) is 5. The molecule has 2 aromatic carbocycles. The number of benzene rings is 2. The van der Waals surface area contributed by atoms with E-state index in [9.17, 15) is 9.18 Å². The fraction of sp³-hybridized carbons (Fsp3) is 0.357. The average Bonchev–Trinajstić information content (AvgIpc) is 2.89. The highest BCUT2D eigenvalue weighted by Crippen LogP contribution is 2.29. The van der Waals surface area contributed by atoms with Gasteiger partial charge in [-0.3, -0.25) is 0 Å². The van der Waals surface area contributed by atoms with Crippen molar-refractivity contribution in [2.75, 3.05) is 6.61 Å². The third-order valence-electron chi connectivity index (χ3n) is 5.32. The zero-order valence-electron chi connectivity index (χ0n) is 20.1. The molecule has 1 unspecified atom stereocenters. The summed E-state index contributed by atoms with van der Waals surface area (Å²) in [6, 6.07) is 17.1. The zero-order chi connectivity index (χ0) is 25.4. The lowest BCUT2D eigenvalue weighted by atomic mass is 10.00. The maximum Gasteiger partial charge on any atom is 0.335 e. The standard InChI is InChI=1S/C21H28N2O3.C7H4FN/c1-2-3-4-5-6-10-17-26-21(15-13-18(14-16-21)20(24)25)23-22-19-11-8-7-9-12-19;8-7-4-2-1-3-6(7)5-9/h7-9,11-15H,2-6,10,16-17H2,1H3,(H,24,25);1-4H. The van der Waals surface area contributed by atoms with E-state index in [0.29, 0.717) is 13.0 Å². The highest BCUT2D eigenvalue weighted by atomic mass is 19.1. The Morgan fingerprint density at radius 2 is 1.77 bits per heavy atom. The van der Waals surface area contributed by atoms with Crippen LogP contribution in [-0.2, 0) is 9.53 Å². The van der Waals surface area contributed by atoms with Gasteiger partial charge in [-0.1, -0.05) is 75.4 Å². The molecule has 184 valence electrons. The molecule has 3 rings (SSSR count). The number of carboxylic acid groups (broad SMARTS) is 1. The zero-order valence-corrected chi connectivity index (χ0v) is 20.1. The van der Waals surface area contributed by atoms with Gasteiger partial charge in [0.15, 0.2) is 0 Å². The Hall–Kier alpha value is -3.63. The van der Waals surface area contributed by atoms with Crippen molar-refractivity contribution in [1.29, 1.82) is 5.26 Å². The fourth-order valence-corrected chi connectivity index (χ4v) is 3.30. The normalized spacial score (nSPS) is 16.8. The molecule has 1 aliphatic carbocycles. The van der Waals surface area contributed by atoms with E-state index in [-0.39, 0.29) is 11.1 Å². The van der Waals surface area contributed by atoms with Crippen LogP contribution in [0.3, 0.4) is 0 Å². The van der Waals surface area contributed by atoms with Gasteiger partial charge in [-0.25, -0.2) is 9.18 Å². The van der Waals surface area contributed by atoms with Gasteiger partial charge in [0, 0.05) is 13.0 Å². The molecule has 2 aromatic rings. The van der Waals surface area contributed by atoms with E-state index >= 15 is 0 Å². The number of azo groups is 1. The summed E-state index contributed by atoms with van der Waals surface area (Å²) in [5.74, 6) is -1.40. The monoisotopic (exact) mass is 477 g/mol. The first-order valence-corrected chi connectivity index (χ1v) is 11.9. The van der Waals surface area contributed by atoms with Gasteiger partial charge in [0.25, 0.3) is 0 Å². The fourth-order valence-electron chi connectivity index (χ4n) is 3.30. The van der Waals surface area contributed by atoms with Gasteiger partial charge in [0.2, 0.25) is 5.72 Å². The molecule has 0 saturated carbocycles. The minimum absolute atomic E-state index is 0.0949. The molecular formula is C28H32FN3O3. The van der Waals surface area contributed by atoms with Crippen molar-refractivity contribution in [1.82, 2.24) is 0 Å². The van der Waals surface area contributed by atoms with Crippen molar-refractivity contribution >= 4 is 11.7 Å². The van der Waals surface area contributed by atoms with Crippen LogP contribution in [0.4, 0.5) is 10.1 Å². The molecule has 0 heterocycles. The Morgan fingerprint density at radius 1 is 1.09 bits per heavy atom. The molecule has 0 bridgehead atoms. The molecule has 0 amide bonds. The molecule has 0 aromatic heterocycles. The number of rotatable bonds is 11. The molecule has 1 N–H and O–H groups in total. The maximum atomic E-state index is 12.4. The van der Waals surface area contributed by atoms with Crippen LogP contribution in [0.25, 0.3) is 0 Å². The van der Waals surface area contributed by atoms with Gasteiger partial charge in [-0.2, -0.15) is 10.4 Å². The molecular weight excluding hydrogens is 445 g/mol. The summed E-state index contributed by atoms with van der Waals surface area (Å²) in [7, 11) is 0. The van der Waals surface area contributed by atoms with Crippen molar-refractivity contribution in [3.63, 3.8) is 0 Å². The predicted molar refractivity (Wildman–Crippen MR) is 134 cm³/mol. The van der Waals surface area contributed by atoms with E-state index in [1.807, 2.05) is 30.3 Å². The molecule has 7 heteroatoms. The Labute approximate surface area is 206 Å². The minimum atomic E-state index is -0.939. The van der Waals surface area contributed by atoms with E-state index in [4.69, 9.17) is 15.1 Å². The number of aliphatic carboxylic acids is 1. The second kappa shape index (κ2) is 15.3. The Bertz CT molecular complexity index is 1060. The van der Waals surface area contributed by atoms with E-state index < -0.39 is 17.5 Å². The summed E-state index contributed by atoms with van der Waals surface area (Å²) in [5, 5.41) is 26.0. The summed E-state index contributed by atoms with van der Waals surface area (Å²) in [6.45, 7) is 2.79. The van der Waals surface area contributed by atoms with Crippen LogP contribution in [-0.4, -0.2) is 23.4 Å². The highest BCUT2D eigenvalue weighted by molar-refractivity contribution is 5.90. The first kappa shape index (κ1) is 27.6. The molecule has 35 heavy (non-hydrogen) atoms. The molecule has 1 aliphatic rings. The summed E-state index contributed by atoms with van der Waals surface area (Å²) in [6.07, 6.45) is 12.4. The molecule has 0 saturated heterocycles. The summed E-state index contributed by atoms with van der Waals surface area (Å²) in [4.78, 5) is 11.1. The molecule has 1 atom stereocenters. The van der Waals surface area contributed by atoms with Crippen LogP contribution >= 0.6 is 0 Å². The quantitative estimate of drug-likeness (QED) is 0.267. The topological polar surface area (TPSA) is 95.0 Å². The van der Waals surface area contributed by atoms with Gasteiger partial charge in [0.05, 0.1) is 16.8 Å². The van der Waals surface area contributed by atoms with Crippen LogP contribution in [0, 0.1) is 17.1 Å². The van der Waals surface area contributed by atoms with E-state index in [0.717, 1.165) is 18.5 Å². The molecule has 0 radical (unpaired) electrons. The number of hydrogen-bond acceptors (Lipinski definition) is 5. The number of nitriles is 1. The van der Waals surface area contributed by atoms with E-state index in [1.165, 1.54) is 37.8 Å². The summed E-state index contributed by atoms with van der Waals surface area (Å²) in [5.41, 5.74) is 0.186. The van der Waals surface area contributed by atoms with Crippen molar-refractivity contribution < 1.29 is 19.0 Å². The predicted octanol–water partition coefficient (Wildman–Crippen LogP) is 7.51. The molecule has 0 aliphatic heterocycles. The third kappa shape index (κ3) is 10.0. The average molecular weight is 478 g/mol. The Kier molecular flexibility index (Phi) is 12.1. The molecule has 6 nitrogen and oxygen atoms in total. The summed E-state index contributed by atoms with van der Waals surface area (Å²) < 4.78 is 18.4. The largest absolute Gasteiger partial charge is 0.478 e. The van der Waals surface area contributed by atoms with Crippen molar-refractivity contribution in [3.05, 3.63) is 89.8 Å². The second-order valence-electron chi connectivity index (χ2n) is 8.09. The number of halogens is 1. The SMILES string of the molecule is CCCCCCCCOC1(N=Nc2ccccc2)C=CC(C(=O)O)=CC1.N#Cc1ccccc1F. The van der Waals surface area contributed by atoms with Crippen molar-refractivity contribution in [2.24, 2.45) is 10.2 Å². The second-order valence-corrected chi connectivity index (χ2v) is 8.09. The van der Waals surface area contributed by atoms with Gasteiger partial charge < -0.3 is 9.84 Å². The number of carboxylic acids is 1. The number of nitrogens with zero attached hydrogens (tertiary/aromatic N) is 3. The van der Waals surface area contributed by atoms with Gasteiger partial charge in [0.1, 0.15) is 11.9 Å². The van der Waals surface area contributed by atoms with E-state index in [2.05, 4.69) is 17.2 Å². The lowest BCUT2D eigenvalue weighted by Crippen LogP contribution is -2.29. The first-order valence-electron chi connectivity index (χ1n) is 11.9. The van der Waals surface area contributed by atoms with Crippen LogP contribution in [0.15, 0.2) is 88.6 Å². The van der Waals surface area contributed by atoms with Gasteiger partial charge in [-0.05, 0) is 42.8 Å². The van der Waals surface area contributed by atoms with Crippen LogP contribution in [0.1, 0.15) is 57.4 Å². The third-order valence-corrected chi connectivity index (χ3v) is 5.32. The minimum Gasteiger partial charge on any atom is -0.478 e. The lowest BCUT2D eigenvalue weighted by Gasteiger charge is -2.27. The van der Waals surface area contributed by atoms with Crippen LogP contribution < -0.4 is 0 Å². The highest BCUT2D eigenvalue weighted by Gasteiger charge is 2.30. The van der Waals surface area contributed by atoms with E-state index in [1.54, 1.807) is 36.4 Å². The van der Waals surface area contributed by atoms with Crippen LogP contribution in [0.2, 0.25) is 0 Å². The number of hydrogen-bond donors (Lipinski definition) is 1. The lowest BCUT2D eigenvalue weighted by molar-refractivity contribution is -0.132. The smallest absolute Gasteiger partial charge is 0.335 e. The van der Waals surface area contributed by atoms with Crippen molar-refractivity contribution in [3.8, 4) is 6.07 Å². The maximum absolute atomic E-state index is 12.4. The van der Waals surface area contributed by atoms with Crippen molar-refractivity contribution in [2.45, 2.75) is 57.6 Å². The molecule has 0 fully saturated rings. The Balaban J connectivity index is 0.000000402. The number of ether oxygens (including phenoxy) is 1. The van der Waals surface area contributed by atoms with Crippen LogP contribution in [0.5, 0.6) is 0 Å². The Morgan fingerprint density at radius 3 is 2.37 bits per heavy atom. The molecule has 0 spiro atoms.